The number of benzene rings is 2. The Bertz CT molecular complexity index is 983. The molecule has 0 spiro atoms. The molecule has 1 aliphatic heterocycles. The van der Waals surface area contributed by atoms with Crippen molar-refractivity contribution >= 4 is 17.5 Å². The van der Waals surface area contributed by atoms with E-state index in [0.29, 0.717) is 18.1 Å². The fraction of sp³-hybridized carbons (Fsp3) is 0.304. The zero-order valence-corrected chi connectivity index (χ0v) is 16.9. The largest absolute Gasteiger partial charge is 0.368 e. The molecule has 1 aliphatic rings. The Kier molecular flexibility index (Phi) is 5.60. The Hall–Kier alpha value is -3.15. The summed E-state index contributed by atoms with van der Waals surface area (Å²) in [7, 11) is 0. The van der Waals surface area contributed by atoms with E-state index in [-0.39, 0.29) is 5.82 Å². The Morgan fingerprint density at radius 3 is 2.48 bits per heavy atom. The molecule has 1 fully saturated rings. The van der Waals surface area contributed by atoms with Gasteiger partial charge in [-0.05, 0) is 43.2 Å². The highest BCUT2D eigenvalue weighted by Gasteiger charge is 2.20. The molecule has 1 aromatic heterocycles. The van der Waals surface area contributed by atoms with Gasteiger partial charge in [0.05, 0.1) is 0 Å². The normalized spacial score (nSPS) is 14.2. The Morgan fingerprint density at radius 2 is 1.69 bits per heavy atom. The number of nitrogens with one attached hydrogen (secondary N) is 1. The monoisotopic (exact) mass is 391 g/mol. The minimum atomic E-state index is -0.223. The molecule has 29 heavy (non-hydrogen) atoms. The summed E-state index contributed by atoms with van der Waals surface area (Å²) < 4.78 is 13.8. The predicted octanol–water partition coefficient (Wildman–Crippen LogP) is 4.17. The van der Waals surface area contributed by atoms with Gasteiger partial charge in [-0.25, -0.2) is 9.37 Å². The average molecular weight is 391 g/mol. The number of piperazine rings is 1. The first-order chi connectivity index (χ1) is 14.1. The van der Waals surface area contributed by atoms with Crippen molar-refractivity contribution < 1.29 is 4.39 Å². The Morgan fingerprint density at radius 1 is 0.931 bits per heavy atom. The van der Waals surface area contributed by atoms with Crippen LogP contribution in [0.1, 0.15) is 16.7 Å². The minimum absolute atomic E-state index is 0.223. The van der Waals surface area contributed by atoms with Crippen molar-refractivity contribution in [3.05, 3.63) is 77.2 Å². The summed E-state index contributed by atoms with van der Waals surface area (Å²) in [6, 6.07) is 15.2. The smallest absolute Gasteiger partial charge is 0.224 e. The second-order valence-electron chi connectivity index (χ2n) is 7.38. The lowest BCUT2D eigenvalue weighted by molar-refractivity contribution is 0.612. The minimum Gasteiger partial charge on any atom is -0.368 e. The van der Waals surface area contributed by atoms with Crippen molar-refractivity contribution in [2.45, 2.75) is 20.4 Å². The molecule has 150 valence electrons. The molecule has 4 rings (SSSR count). The molecule has 0 amide bonds. The summed E-state index contributed by atoms with van der Waals surface area (Å²) in [5.74, 6) is 1.19. The number of rotatable bonds is 5. The van der Waals surface area contributed by atoms with E-state index in [4.69, 9.17) is 0 Å². The Labute approximate surface area is 171 Å². The molecule has 0 bridgehead atoms. The van der Waals surface area contributed by atoms with E-state index in [1.165, 1.54) is 22.9 Å². The second-order valence-corrected chi connectivity index (χ2v) is 7.38. The molecular formula is C23H26FN5. The zero-order valence-electron chi connectivity index (χ0n) is 16.9. The van der Waals surface area contributed by atoms with Crippen molar-refractivity contribution in [3.8, 4) is 0 Å². The summed E-state index contributed by atoms with van der Waals surface area (Å²) in [5, 5.41) is 3.13. The van der Waals surface area contributed by atoms with E-state index in [1.807, 2.05) is 12.1 Å². The van der Waals surface area contributed by atoms with Gasteiger partial charge in [0.2, 0.25) is 5.95 Å². The third kappa shape index (κ3) is 4.31. The lowest BCUT2D eigenvalue weighted by Gasteiger charge is -2.37. The van der Waals surface area contributed by atoms with E-state index in [9.17, 15) is 4.39 Å². The quantitative estimate of drug-likeness (QED) is 0.707. The predicted molar refractivity (Wildman–Crippen MR) is 116 cm³/mol. The van der Waals surface area contributed by atoms with Crippen molar-refractivity contribution in [2.75, 3.05) is 41.3 Å². The van der Waals surface area contributed by atoms with Crippen LogP contribution in [0, 0.1) is 19.7 Å². The molecule has 0 unspecified atom stereocenters. The summed E-state index contributed by atoms with van der Waals surface area (Å²) in [6.07, 6.45) is 1.75. The van der Waals surface area contributed by atoms with Gasteiger partial charge in [-0.15, -0.1) is 0 Å². The molecule has 2 heterocycles. The van der Waals surface area contributed by atoms with Gasteiger partial charge in [0.15, 0.2) is 0 Å². The highest BCUT2D eigenvalue weighted by Crippen LogP contribution is 2.25. The molecule has 1 saturated heterocycles. The maximum Gasteiger partial charge on any atom is 0.224 e. The topological polar surface area (TPSA) is 44.3 Å². The number of anilines is 3. The van der Waals surface area contributed by atoms with Crippen LogP contribution in [0.3, 0.4) is 0 Å². The summed E-state index contributed by atoms with van der Waals surface area (Å²) in [5.41, 5.74) is 4.59. The standard InChI is InChI=1S/C23H26FN5/c1-17-6-5-9-21(18(17)2)28-12-14-29(15-13-28)22-10-11-25-23(27-22)26-16-19-7-3-4-8-20(19)24/h3-11H,12-16H2,1-2H3,(H,25,26,27). The first-order valence-corrected chi connectivity index (χ1v) is 9.98. The van der Waals surface area contributed by atoms with Gasteiger partial charge >= 0.3 is 0 Å². The van der Waals surface area contributed by atoms with Crippen LogP contribution in [0.15, 0.2) is 54.7 Å². The highest BCUT2D eigenvalue weighted by molar-refractivity contribution is 5.57. The number of hydrogen-bond acceptors (Lipinski definition) is 5. The van der Waals surface area contributed by atoms with Gasteiger partial charge in [0.1, 0.15) is 11.6 Å². The van der Waals surface area contributed by atoms with Gasteiger partial charge in [-0.2, -0.15) is 4.98 Å². The zero-order chi connectivity index (χ0) is 20.2. The van der Waals surface area contributed by atoms with E-state index in [1.54, 1.807) is 18.3 Å². The van der Waals surface area contributed by atoms with E-state index in [2.05, 4.69) is 57.1 Å². The summed E-state index contributed by atoms with van der Waals surface area (Å²) >= 11 is 0. The third-order valence-corrected chi connectivity index (χ3v) is 5.56. The van der Waals surface area contributed by atoms with Crippen LogP contribution in [-0.2, 0) is 6.54 Å². The lowest BCUT2D eigenvalue weighted by Crippen LogP contribution is -2.47. The van der Waals surface area contributed by atoms with Crippen LogP contribution >= 0.6 is 0 Å². The molecular weight excluding hydrogens is 365 g/mol. The van der Waals surface area contributed by atoms with Crippen LogP contribution in [0.5, 0.6) is 0 Å². The van der Waals surface area contributed by atoms with Gasteiger partial charge in [-0.1, -0.05) is 30.3 Å². The van der Waals surface area contributed by atoms with Gasteiger partial charge in [0, 0.05) is 50.2 Å². The van der Waals surface area contributed by atoms with Crippen LogP contribution in [0.2, 0.25) is 0 Å². The molecule has 0 atom stereocenters. The van der Waals surface area contributed by atoms with Crippen molar-refractivity contribution in [1.82, 2.24) is 9.97 Å². The fourth-order valence-electron chi connectivity index (χ4n) is 3.68. The molecule has 0 radical (unpaired) electrons. The number of halogens is 1. The fourth-order valence-corrected chi connectivity index (χ4v) is 3.68. The summed E-state index contributed by atoms with van der Waals surface area (Å²) in [6.45, 7) is 8.41. The number of hydrogen-bond donors (Lipinski definition) is 1. The van der Waals surface area contributed by atoms with Crippen LogP contribution < -0.4 is 15.1 Å². The summed E-state index contributed by atoms with van der Waals surface area (Å²) in [4.78, 5) is 13.6. The van der Waals surface area contributed by atoms with Crippen LogP contribution in [0.4, 0.5) is 21.8 Å². The SMILES string of the molecule is Cc1cccc(N2CCN(c3ccnc(NCc4ccccc4F)n3)CC2)c1C. The molecule has 5 nitrogen and oxygen atoms in total. The number of aromatic nitrogens is 2. The van der Waals surface area contributed by atoms with Crippen molar-refractivity contribution in [1.29, 1.82) is 0 Å². The maximum atomic E-state index is 13.8. The molecule has 6 heteroatoms. The highest BCUT2D eigenvalue weighted by atomic mass is 19.1. The van der Waals surface area contributed by atoms with Gasteiger partial charge in [-0.3, -0.25) is 0 Å². The molecule has 2 aromatic carbocycles. The average Bonchev–Trinajstić information content (AvgIpc) is 2.75. The van der Waals surface area contributed by atoms with Crippen molar-refractivity contribution in [2.24, 2.45) is 0 Å². The number of aryl methyl sites for hydroxylation is 1. The molecule has 0 aliphatic carbocycles. The number of nitrogens with zero attached hydrogens (tertiary/aromatic N) is 4. The van der Waals surface area contributed by atoms with E-state index < -0.39 is 0 Å². The van der Waals surface area contributed by atoms with Crippen LogP contribution in [0.25, 0.3) is 0 Å². The molecule has 0 saturated carbocycles. The second kappa shape index (κ2) is 8.47. The third-order valence-electron chi connectivity index (χ3n) is 5.56. The van der Waals surface area contributed by atoms with Gasteiger partial charge in [0.25, 0.3) is 0 Å². The molecule has 1 N–H and O–H groups in total. The van der Waals surface area contributed by atoms with E-state index in [0.717, 1.165) is 32.0 Å². The first kappa shape index (κ1) is 19.2. The van der Waals surface area contributed by atoms with Crippen molar-refractivity contribution in [3.63, 3.8) is 0 Å². The maximum absolute atomic E-state index is 13.8. The molecule has 3 aromatic rings. The van der Waals surface area contributed by atoms with Gasteiger partial charge < -0.3 is 15.1 Å². The van der Waals surface area contributed by atoms with E-state index >= 15 is 0 Å². The Balaban J connectivity index is 1.39. The first-order valence-electron chi connectivity index (χ1n) is 9.98. The lowest BCUT2D eigenvalue weighted by atomic mass is 10.1. The van der Waals surface area contributed by atoms with Crippen LogP contribution in [-0.4, -0.2) is 36.1 Å².